The zero-order chi connectivity index (χ0) is 13.2. The van der Waals surface area contributed by atoms with Crippen molar-refractivity contribution in [2.75, 3.05) is 45.9 Å². The van der Waals surface area contributed by atoms with E-state index in [0.717, 1.165) is 38.6 Å². The Balaban J connectivity index is 2.03. The van der Waals surface area contributed by atoms with Crippen LogP contribution in [-0.2, 0) is 9.47 Å². The molecule has 0 radical (unpaired) electrons. The van der Waals surface area contributed by atoms with E-state index in [2.05, 4.69) is 17.1 Å². The number of nitrogens with one attached hydrogen (secondary N) is 1. The molecule has 18 heavy (non-hydrogen) atoms. The summed E-state index contributed by atoms with van der Waals surface area (Å²) < 4.78 is 11.0. The minimum Gasteiger partial charge on any atom is -0.353 e. The van der Waals surface area contributed by atoms with Crippen LogP contribution in [0.25, 0.3) is 0 Å². The van der Waals surface area contributed by atoms with E-state index in [0.29, 0.717) is 0 Å². The Morgan fingerprint density at radius 2 is 1.94 bits per heavy atom. The van der Waals surface area contributed by atoms with E-state index in [1.54, 1.807) is 0 Å². The molecule has 1 fully saturated rings. The lowest BCUT2D eigenvalue weighted by molar-refractivity contribution is -0.138. The molecule has 1 rings (SSSR count). The number of rotatable bonds is 10. The summed E-state index contributed by atoms with van der Waals surface area (Å²) in [5.41, 5.74) is 0. The smallest absolute Gasteiger partial charge is 0.158 e. The Hall–Kier alpha value is -0.160. The first-order chi connectivity index (χ1) is 8.80. The average Bonchev–Trinajstić information content (AvgIpc) is 2.83. The van der Waals surface area contributed by atoms with Crippen molar-refractivity contribution >= 4 is 0 Å². The molecule has 108 valence electrons. The Labute approximate surface area is 112 Å². The molecule has 0 amide bonds. The van der Waals surface area contributed by atoms with E-state index in [1.165, 1.54) is 26.1 Å². The topological polar surface area (TPSA) is 33.7 Å². The van der Waals surface area contributed by atoms with Crippen molar-refractivity contribution in [3.05, 3.63) is 0 Å². The molecule has 4 heteroatoms. The fourth-order valence-corrected chi connectivity index (χ4v) is 2.48. The molecule has 1 heterocycles. The Morgan fingerprint density at radius 3 is 2.50 bits per heavy atom. The normalized spacial score (nSPS) is 21.0. The largest absolute Gasteiger partial charge is 0.353 e. The van der Waals surface area contributed by atoms with Gasteiger partial charge in [-0.25, -0.2) is 0 Å². The molecule has 0 aromatic carbocycles. The van der Waals surface area contributed by atoms with Crippen molar-refractivity contribution in [3.63, 3.8) is 0 Å². The standard InChI is InChI=1S/C14H30N2O2/c1-4-16-10-8-13(12-16)11-15-9-7-14(17-5-2)18-6-3/h13-15H,4-12H2,1-3H3. The molecular formula is C14H30N2O2. The Kier molecular flexibility index (Phi) is 8.59. The molecule has 1 aliphatic heterocycles. The van der Waals surface area contributed by atoms with Crippen molar-refractivity contribution in [1.29, 1.82) is 0 Å². The van der Waals surface area contributed by atoms with E-state index in [1.807, 2.05) is 13.8 Å². The molecule has 1 unspecified atom stereocenters. The van der Waals surface area contributed by atoms with E-state index in [9.17, 15) is 0 Å². The predicted molar refractivity (Wildman–Crippen MR) is 74.7 cm³/mol. The van der Waals surface area contributed by atoms with Gasteiger partial charge in [-0.15, -0.1) is 0 Å². The zero-order valence-electron chi connectivity index (χ0n) is 12.3. The highest BCUT2D eigenvalue weighted by atomic mass is 16.7. The van der Waals surface area contributed by atoms with E-state index >= 15 is 0 Å². The average molecular weight is 258 g/mol. The molecule has 1 aliphatic rings. The maximum absolute atomic E-state index is 5.52. The quantitative estimate of drug-likeness (QED) is 0.478. The summed E-state index contributed by atoms with van der Waals surface area (Å²) in [7, 11) is 0. The van der Waals surface area contributed by atoms with Crippen LogP contribution in [0.2, 0.25) is 0 Å². The number of hydrogen-bond acceptors (Lipinski definition) is 4. The molecule has 0 bridgehead atoms. The van der Waals surface area contributed by atoms with Crippen LogP contribution in [0.4, 0.5) is 0 Å². The third-order valence-corrected chi connectivity index (χ3v) is 3.51. The molecule has 4 nitrogen and oxygen atoms in total. The monoisotopic (exact) mass is 258 g/mol. The molecular weight excluding hydrogens is 228 g/mol. The van der Waals surface area contributed by atoms with Gasteiger partial charge in [-0.2, -0.15) is 0 Å². The van der Waals surface area contributed by atoms with Crippen molar-refractivity contribution < 1.29 is 9.47 Å². The van der Waals surface area contributed by atoms with Crippen molar-refractivity contribution in [2.24, 2.45) is 5.92 Å². The molecule has 0 aromatic rings. The Bertz CT molecular complexity index is 196. The molecule has 0 spiro atoms. The van der Waals surface area contributed by atoms with Crippen LogP contribution < -0.4 is 5.32 Å². The lowest BCUT2D eigenvalue weighted by Crippen LogP contribution is -2.30. The predicted octanol–water partition coefficient (Wildman–Crippen LogP) is 1.71. The van der Waals surface area contributed by atoms with Gasteiger partial charge < -0.3 is 19.7 Å². The lowest BCUT2D eigenvalue weighted by Gasteiger charge is -2.18. The maximum atomic E-state index is 5.52. The van der Waals surface area contributed by atoms with Crippen molar-refractivity contribution in [1.82, 2.24) is 10.2 Å². The van der Waals surface area contributed by atoms with Crippen LogP contribution >= 0.6 is 0 Å². The second-order valence-corrected chi connectivity index (χ2v) is 4.88. The molecule has 0 aromatic heterocycles. The van der Waals surface area contributed by atoms with E-state index < -0.39 is 0 Å². The summed E-state index contributed by atoms with van der Waals surface area (Å²) in [6, 6.07) is 0. The van der Waals surface area contributed by atoms with Crippen LogP contribution in [0, 0.1) is 5.92 Å². The third kappa shape index (κ3) is 6.14. The van der Waals surface area contributed by atoms with Crippen LogP contribution in [0.15, 0.2) is 0 Å². The van der Waals surface area contributed by atoms with Gasteiger partial charge in [-0.05, 0) is 52.4 Å². The maximum Gasteiger partial charge on any atom is 0.158 e. The van der Waals surface area contributed by atoms with Gasteiger partial charge in [0.15, 0.2) is 6.29 Å². The summed E-state index contributed by atoms with van der Waals surface area (Å²) in [4.78, 5) is 2.52. The van der Waals surface area contributed by atoms with Gasteiger partial charge in [0.2, 0.25) is 0 Å². The second kappa shape index (κ2) is 9.73. The fraction of sp³-hybridized carbons (Fsp3) is 1.00. The number of likely N-dealkylation sites (tertiary alicyclic amines) is 1. The van der Waals surface area contributed by atoms with Gasteiger partial charge in [-0.1, -0.05) is 6.92 Å². The highest BCUT2D eigenvalue weighted by Gasteiger charge is 2.20. The van der Waals surface area contributed by atoms with Gasteiger partial charge in [0.25, 0.3) is 0 Å². The molecule has 1 N–H and O–H groups in total. The highest BCUT2D eigenvalue weighted by molar-refractivity contribution is 4.76. The van der Waals surface area contributed by atoms with Gasteiger partial charge >= 0.3 is 0 Å². The van der Waals surface area contributed by atoms with E-state index in [-0.39, 0.29) is 6.29 Å². The fourth-order valence-electron chi connectivity index (χ4n) is 2.48. The minimum atomic E-state index is -0.0387. The summed E-state index contributed by atoms with van der Waals surface area (Å²) >= 11 is 0. The molecule has 0 saturated carbocycles. The number of nitrogens with zero attached hydrogens (tertiary/aromatic N) is 1. The van der Waals surface area contributed by atoms with Crippen molar-refractivity contribution in [2.45, 2.75) is 39.9 Å². The van der Waals surface area contributed by atoms with E-state index in [4.69, 9.17) is 9.47 Å². The van der Waals surface area contributed by atoms with Crippen LogP contribution in [0.3, 0.4) is 0 Å². The van der Waals surface area contributed by atoms with Crippen LogP contribution in [0.1, 0.15) is 33.6 Å². The summed E-state index contributed by atoms with van der Waals surface area (Å²) in [5, 5.41) is 3.53. The Morgan fingerprint density at radius 1 is 1.22 bits per heavy atom. The van der Waals surface area contributed by atoms with Gasteiger partial charge in [0.1, 0.15) is 0 Å². The molecule has 1 atom stereocenters. The first-order valence-corrected chi connectivity index (χ1v) is 7.46. The van der Waals surface area contributed by atoms with Gasteiger partial charge in [-0.3, -0.25) is 0 Å². The van der Waals surface area contributed by atoms with Crippen LogP contribution in [-0.4, -0.2) is 57.1 Å². The summed E-state index contributed by atoms with van der Waals surface area (Å²) in [5.74, 6) is 0.822. The SMILES string of the molecule is CCOC(CCNCC1CCN(CC)C1)OCC. The second-order valence-electron chi connectivity index (χ2n) is 4.88. The number of ether oxygens (including phenoxy) is 2. The van der Waals surface area contributed by atoms with Crippen molar-refractivity contribution in [3.8, 4) is 0 Å². The first kappa shape index (κ1) is 15.9. The van der Waals surface area contributed by atoms with Crippen LogP contribution in [0.5, 0.6) is 0 Å². The summed E-state index contributed by atoms with van der Waals surface area (Å²) in [6.07, 6.45) is 2.23. The highest BCUT2D eigenvalue weighted by Crippen LogP contribution is 2.14. The number of hydrogen-bond donors (Lipinski definition) is 1. The first-order valence-electron chi connectivity index (χ1n) is 7.46. The van der Waals surface area contributed by atoms with Gasteiger partial charge in [0, 0.05) is 26.2 Å². The zero-order valence-corrected chi connectivity index (χ0v) is 12.3. The minimum absolute atomic E-state index is 0.0387. The lowest BCUT2D eigenvalue weighted by atomic mass is 10.1. The van der Waals surface area contributed by atoms with Gasteiger partial charge in [0.05, 0.1) is 0 Å². The molecule has 0 aliphatic carbocycles. The summed E-state index contributed by atoms with van der Waals surface area (Å²) in [6.45, 7) is 13.5. The molecule has 1 saturated heterocycles. The third-order valence-electron chi connectivity index (χ3n) is 3.51.